The molecule has 1 aromatic carbocycles. The normalized spacial score (nSPS) is 12.7. The zero-order valence-electron chi connectivity index (χ0n) is 12.0. The molecule has 0 saturated heterocycles. The van der Waals surface area contributed by atoms with Gasteiger partial charge in [-0.15, -0.1) is 11.3 Å². The molecule has 1 heterocycles. The third-order valence-electron chi connectivity index (χ3n) is 3.35. The molecule has 2 N–H and O–H groups in total. The van der Waals surface area contributed by atoms with Gasteiger partial charge in [0, 0.05) is 24.0 Å². The molecule has 0 fully saturated rings. The molecule has 0 aliphatic carbocycles. The number of rotatable bonds is 6. The largest absolute Gasteiger partial charge is 0.495 e. The van der Waals surface area contributed by atoms with E-state index in [4.69, 9.17) is 33.7 Å². The van der Waals surface area contributed by atoms with Gasteiger partial charge >= 0.3 is 0 Å². The van der Waals surface area contributed by atoms with E-state index in [0.717, 1.165) is 16.4 Å². The Kier molecular flexibility index (Phi) is 5.90. The molecule has 0 amide bonds. The Morgan fingerprint density at radius 3 is 2.57 bits per heavy atom. The molecule has 0 bridgehead atoms. The number of benzene rings is 1. The van der Waals surface area contributed by atoms with E-state index in [1.54, 1.807) is 18.4 Å². The maximum Gasteiger partial charge on any atom is 0.137 e. The predicted molar refractivity (Wildman–Crippen MR) is 90.6 cm³/mol. The third-order valence-corrected chi connectivity index (χ3v) is 4.86. The molecule has 1 atom stereocenters. The second-order valence-electron chi connectivity index (χ2n) is 4.77. The van der Waals surface area contributed by atoms with Crippen molar-refractivity contribution in [2.75, 3.05) is 20.7 Å². The minimum atomic E-state index is 0.0919. The van der Waals surface area contributed by atoms with Crippen molar-refractivity contribution in [3.63, 3.8) is 0 Å². The monoisotopic (exact) mass is 344 g/mol. The Balaban J connectivity index is 2.16. The van der Waals surface area contributed by atoms with Gasteiger partial charge in [-0.05, 0) is 36.9 Å². The molecule has 2 rings (SSSR count). The number of thiophene rings is 1. The number of ether oxygens (including phenoxy) is 1. The van der Waals surface area contributed by atoms with Gasteiger partial charge in [-0.1, -0.05) is 29.3 Å². The summed E-state index contributed by atoms with van der Waals surface area (Å²) in [5.41, 5.74) is 7.02. The van der Waals surface area contributed by atoms with E-state index in [9.17, 15) is 0 Å². The fourth-order valence-electron chi connectivity index (χ4n) is 2.25. The molecule has 21 heavy (non-hydrogen) atoms. The van der Waals surface area contributed by atoms with Crippen molar-refractivity contribution in [2.45, 2.75) is 12.6 Å². The van der Waals surface area contributed by atoms with Crippen LogP contribution >= 0.6 is 34.5 Å². The molecule has 2 aromatic rings. The van der Waals surface area contributed by atoms with Gasteiger partial charge in [0.15, 0.2) is 0 Å². The fraction of sp³-hybridized carbons (Fsp3) is 0.333. The molecule has 1 aromatic heterocycles. The highest BCUT2D eigenvalue weighted by atomic mass is 35.5. The number of hydrogen-bond acceptors (Lipinski definition) is 4. The molecule has 3 nitrogen and oxygen atoms in total. The van der Waals surface area contributed by atoms with Crippen LogP contribution in [0.3, 0.4) is 0 Å². The van der Waals surface area contributed by atoms with Crippen LogP contribution in [-0.4, -0.2) is 25.6 Å². The van der Waals surface area contributed by atoms with Crippen molar-refractivity contribution >= 4 is 34.5 Å². The number of likely N-dealkylation sites (N-methyl/N-ethyl adjacent to an activating group) is 1. The van der Waals surface area contributed by atoms with Crippen LogP contribution in [0, 0.1) is 0 Å². The second kappa shape index (κ2) is 7.47. The lowest BCUT2D eigenvalue weighted by Crippen LogP contribution is -2.29. The van der Waals surface area contributed by atoms with Crippen LogP contribution in [0.5, 0.6) is 5.75 Å². The average molecular weight is 345 g/mol. The molecule has 0 radical (unpaired) electrons. The van der Waals surface area contributed by atoms with E-state index in [-0.39, 0.29) is 6.04 Å². The molecule has 1 unspecified atom stereocenters. The van der Waals surface area contributed by atoms with Crippen molar-refractivity contribution in [3.05, 3.63) is 50.1 Å². The van der Waals surface area contributed by atoms with Crippen LogP contribution in [0.1, 0.15) is 16.5 Å². The van der Waals surface area contributed by atoms with Crippen LogP contribution in [-0.2, 0) is 6.54 Å². The van der Waals surface area contributed by atoms with Crippen molar-refractivity contribution in [1.29, 1.82) is 0 Å². The van der Waals surface area contributed by atoms with Gasteiger partial charge in [-0.25, -0.2) is 0 Å². The van der Waals surface area contributed by atoms with E-state index >= 15 is 0 Å². The van der Waals surface area contributed by atoms with Crippen molar-refractivity contribution in [3.8, 4) is 5.75 Å². The first-order valence-electron chi connectivity index (χ1n) is 6.53. The maximum atomic E-state index is 6.20. The lowest BCUT2D eigenvalue weighted by Gasteiger charge is -2.27. The van der Waals surface area contributed by atoms with Gasteiger partial charge in [-0.2, -0.15) is 0 Å². The molecule has 0 saturated carbocycles. The summed E-state index contributed by atoms with van der Waals surface area (Å²) in [6.45, 7) is 1.31. The minimum Gasteiger partial charge on any atom is -0.495 e. The maximum absolute atomic E-state index is 6.20. The molecule has 6 heteroatoms. The molecule has 0 spiro atoms. The Morgan fingerprint density at radius 1 is 1.29 bits per heavy atom. The molecule has 114 valence electrons. The van der Waals surface area contributed by atoms with Crippen molar-refractivity contribution < 1.29 is 4.74 Å². The number of nitrogens with two attached hydrogens (primary N) is 1. The average Bonchev–Trinajstić information content (AvgIpc) is 2.85. The van der Waals surface area contributed by atoms with Gasteiger partial charge in [-0.3, -0.25) is 4.90 Å². The lowest BCUT2D eigenvalue weighted by atomic mass is 10.1. The van der Waals surface area contributed by atoms with Crippen LogP contribution in [0.15, 0.2) is 30.3 Å². The summed E-state index contributed by atoms with van der Waals surface area (Å²) >= 11 is 13.8. The van der Waals surface area contributed by atoms with Crippen molar-refractivity contribution in [1.82, 2.24) is 4.90 Å². The van der Waals surface area contributed by atoms with Crippen LogP contribution < -0.4 is 10.5 Å². The quantitative estimate of drug-likeness (QED) is 0.853. The highest BCUT2D eigenvalue weighted by Gasteiger charge is 2.17. The summed E-state index contributed by atoms with van der Waals surface area (Å²) in [6.07, 6.45) is 0. The molecular weight excluding hydrogens is 327 g/mol. The van der Waals surface area contributed by atoms with Crippen molar-refractivity contribution in [2.24, 2.45) is 5.73 Å². The molecular formula is C15H18Cl2N2OS. The zero-order valence-corrected chi connectivity index (χ0v) is 14.3. The van der Waals surface area contributed by atoms with Crippen LogP contribution in [0.4, 0.5) is 0 Å². The summed E-state index contributed by atoms with van der Waals surface area (Å²) in [7, 11) is 3.65. The standard InChI is InChI=1S/C15H18Cl2N2OS/c1-19(9-11-4-6-15(17)21-11)13(8-18)10-3-5-14(20-2)12(16)7-10/h3-7,13H,8-9,18H2,1-2H3. The first-order chi connectivity index (χ1) is 10.0. The van der Waals surface area contributed by atoms with Gasteiger partial charge in [0.1, 0.15) is 5.75 Å². The first kappa shape index (κ1) is 16.6. The first-order valence-corrected chi connectivity index (χ1v) is 8.10. The van der Waals surface area contributed by atoms with Gasteiger partial charge in [0.05, 0.1) is 16.5 Å². The van der Waals surface area contributed by atoms with Crippen LogP contribution in [0.2, 0.25) is 9.36 Å². The highest BCUT2D eigenvalue weighted by Crippen LogP contribution is 2.30. The fourth-order valence-corrected chi connectivity index (χ4v) is 3.67. The molecule has 0 aliphatic heterocycles. The van der Waals surface area contributed by atoms with Gasteiger partial charge < -0.3 is 10.5 Å². The Labute approximate surface area is 139 Å². The van der Waals surface area contributed by atoms with E-state index in [2.05, 4.69) is 4.90 Å². The summed E-state index contributed by atoms with van der Waals surface area (Å²) in [4.78, 5) is 3.40. The summed E-state index contributed by atoms with van der Waals surface area (Å²) in [5, 5.41) is 0.598. The number of halogens is 2. The van der Waals surface area contributed by atoms with E-state index in [1.165, 1.54) is 4.88 Å². The minimum absolute atomic E-state index is 0.0919. The lowest BCUT2D eigenvalue weighted by molar-refractivity contribution is 0.244. The van der Waals surface area contributed by atoms with E-state index < -0.39 is 0 Å². The Bertz CT molecular complexity index is 603. The van der Waals surface area contributed by atoms with Crippen LogP contribution in [0.25, 0.3) is 0 Å². The van der Waals surface area contributed by atoms with E-state index in [1.807, 2.05) is 37.4 Å². The Morgan fingerprint density at radius 2 is 2.05 bits per heavy atom. The summed E-state index contributed by atoms with van der Waals surface area (Å²) in [6, 6.07) is 9.83. The highest BCUT2D eigenvalue weighted by molar-refractivity contribution is 7.16. The summed E-state index contributed by atoms with van der Waals surface area (Å²) < 4.78 is 5.98. The third kappa shape index (κ3) is 4.11. The van der Waals surface area contributed by atoms with Gasteiger partial charge in [0.25, 0.3) is 0 Å². The smallest absolute Gasteiger partial charge is 0.137 e. The summed E-state index contributed by atoms with van der Waals surface area (Å²) in [5.74, 6) is 0.670. The SMILES string of the molecule is COc1ccc(C(CN)N(C)Cc2ccc(Cl)s2)cc1Cl. The zero-order chi connectivity index (χ0) is 15.4. The van der Waals surface area contributed by atoms with Gasteiger partial charge in [0.2, 0.25) is 0 Å². The predicted octanol–water partition coefficient (Wildman–Crippen LogP) is 4.20. The Hall–Kier alpha value is -0.780. The number of nitrogens with zero attached hydrogens (tertiary/aromatic N) is 1. The second-order valence-corrected chi connectivity index (χ2v) is 6.97. The topological polar surface area (TPSA) is 38.5 Å². The molecule has 0 aliphatic rings. The van der Waals surface area contributed by atoms with E-state index in [0.29, 0.717) is 17.3 Å². The number of hydrogen-bond donors (Lipinski definition) is 1. The number of methoxy groups -OCH3 is 1.